The minimum absolute atomic E-state index is 0.144. The fourth-order valence-electron chi connectivity index (χ4n) is 1.60. The van der Waals surface area contributed by atoms with E-state index < -0.39 is 0 Å². The fourth-order valence-corrected chi connectivity index (χ4v) is 1.60. The maximum absolute atomic E-state index is 9.59. The van der Waals surface area contributed by atoms with Gasteiger partial charge in [-0.15, -0.1) is 0 Å². The van der Waals surface area contributed by atoms with E-state index in [1.165, 1.54) is 24.3 Å². The van der Waals surface area contributed by atoms with Crippen molar-refractivity contribution in [2.75, 3.05) is 0 Å². The number of hydrogen-bond acceptors (Lipinski definition) is 5. The summed E-state index contributed by atoms with van der Waals surface area (Å²) >= 11 is 0. The summed E-state index contributed by atoms with van der Waals surface area (Å²) in [6.07, 6.45) is 2.96. The molecule has 98 valence electrons. The lowest BCUT2D eigenvalue weighted by atomic mass is 10.1. The van der Waals surface area contributed by atoms with E-state index >= 15 is 0 Å². The van der Waals surface area contributed by atoms with Gasteiger partial charge >= 0.3 is 0 Å². The third-order valence-corrected chi connectivity index (χ3v) is 2.56. The second-order valence-corrected chi connectivity index (χ2v) is 3.98. The first-order valence-electron chi connectivity index (χ1n) is 5.42. The van der Waals surface area contributed by atoms with E-state index in [2.05, 4.69) is 0 Å². The Kier molecular flexibility index (Phi) is 3.20. The number of phenols is 5. The summed E-state index contributed by atoms with van der Waals surface area (Å²) < 4.78 is 0. The number of aromatic hydroxyl groups is 5. The van der Waals surface area contributed by atoms with Crippen LogP contribution in [0.15, 0.2) is 30.3 Å². The summed E-state index contributed by atoms with van der Waals surface area (Å²) in [5, 5.41) is 46.8. The van der Waals surface area contributed by atoms with E-state index in [9.17, 15) is 15.3 Å². The van der Waals surface area contributed by atoms with Crippen LogP contribution in [0.4, 0.5) is 0 Å². The van der Waals surface area contributed by atoms with Gasteiger partial charge in [-0.2, -0.15) is 0 Å². The van der Waals surface area contributed by atoms with Crippen LogP contribution in [0, 0.1) is 0 Å². The van der Waals surface area contributed by atoms with Gasteiger partial charge in [0.25, 0.3) is 0 Å². The van der Waals surface area contributed by atoms with Gasteiger partial charge in [0.1, 0.15) is 17.2 Å². The molecule has 0 aliphatic heterocycles. The van der Waals surface area contributed by atoms with Crippen molar-refractivity contribution in [3.8, 4) is 28.7 Å². The molecule has 0 unspecified atom stereocenters. The standard InChI is InChI=1S/C14H12O5/c15-9-6-12(17)10(13(18)7-9)3-1-8-2-4-11(16)14(19)5-8/h1-7,15-19H. The minimum Gasteiger partial charge on any atom is -0.508 e. The van der Waals surface area contributed by atoms with Crippen molar-refractivity contribution >= 4 is 12.2 Å². The predicted octanol–water partition coefficient (Wildman–Crippen LogP) is 2.38. The van der Waals surface area contributed by atoms with Gasteiger partial charge in [0.15, 0.2) is 11.5 Å². The Morgan fingerprint density at radius 1 is 0.632 bits per heavy atom. The highest BCUT2D eigenvalue weighted by molar-refractivity contribution is 5.76. The topological polar surface area (TPSA) is 101 Å². The molecule has 0 bridgehead atoms. The Morgan fingerprint density at radius 2 is 1.26 bits per heavy atom. The zero-order valence-electron chi connectivity index (χ0n) is 9.78. The molecule has 0 aromatic heterocycles. The van der Waals surface area contributed by atoms with Crippen molar-refractivity contribution in [1.82, 2.24) is 0 Å². The molecule has 5 heteroatoms. The molecule has 0 amide bonds. The van der Waals surface area contributed by atoms with Gasteiger partial charge in [0.2, 0.25) is 0 Å². The van der Waals surface area contributed by atoms with Gasteiger partial charge in [-0.1, -0.05) is 12.1 Å². The molecule has 0 fully saturated rings. The van der Waals surface area contributed by atoms with Crippen LogP contribution < -0.4 is 0 Å². The molecule has 0 heterocycles. The number of hydrogen-bond donors (Lipinski definition) is 5. The molecule has 0 spiro atoms. The fraction of sp³-hybridized carbons (Fsp3) is 0. The van der Waals surface area contributed by atoms with Crippen molar-refractivity contribution in [1.29, 1.82) is 0 Å². The number of benzene rings is 2. The van der Waals surface area contributed by atoms with E-state index in [0.29, 0.717) is 5.56 Å². The SMILES string of the molecule is Oc1cc(O)c(C=Cc2ccc(O)c(O)c2)c(O)c1. The maximum Gasteiger partial charge on any atom is 0.157 e. The Morgan fingerprint density at radius 3 is 1.84 bits per heavy atom. The van der Waals surface area contributed by atoms with Gasteiger partial charge < -0.3 is 25.5 Å². The zero-order valence-corrected chi connectivity index (χ0v) is 9.78. The summed E-state index contributed by atoms with van der Waals surface area (Å²) in [7, 11) is 0. The molecule has 0 aliphatic rings. The summed E-state index contributed by atoms with van der Waals surface area (Å²) in [6, 6.07) is 6.42. The van der Waals surface area contributed by atoms with E-state index in [-0.39, 0.29) is 34.3 Å². The molecule has 19 heavy (non-hydrogen) atoms. The summed E-state index contributed by atoms with van der Waals surface area (Å²) in [6.45, 7) is 0. The average Bonchev–Trinajstić information content (AvgIpc) is 2.32. The van der Waals surface area contributed by atoms with Crippen LogP contribution in [0.2, 0.25) is 0 Å². The van der Waals surface area contributed by atoms with Gasteiger partial charge in [0.05, 0.1) is 5.56 Å². The van der Waals surface area contributed by atoms with Crippen molar-refractivity contribution in [3.63, 3.8) is 0 Å². The lowest BCUT2D eigenvalue weighted by molar-refractivity contribution is 0.403. The second-order valence-electron chi connectivity index (χ2n) is 3.98. The van der Waals surface area contributed by atoms with Gasteiger partial charge in [0, 0.05) is 12.1 Å². The highest BCUT2D eigenvalue weighted by Gasteiger charge is 2.06. The summed E-state index contributed by atoms with van der Waals surface area (Å²) in [4.78, 5) is 0. The van der Waals surface area contributed by atoms with E-state index in [4.69, 9.17) is 10.2 Å². The third kappa shape index (κ3) is 2.71. The second kappa shape index (κ2) is 4.81. The lowest BCUT2D eigenvalue weighted by Gasteiger charge is -2.04. The molecule has 0 saturated heterocycles. The first kappa shape index (κ1) is 12.6. The van der Waals surface area contributed by atoms with Gasteiger partial charge in [-0.25, -0.2) is 0 Å². The zero-order chi connectivity index (χ0) is 14.0. The number of phenolic OH excluding ortho intramolecular Hbond substituents is 5. The first-order chi connectivity index (χ1) is 8.97. The molecule has 5 nitrogen and oxygen atoms in total. The van der Waals surface area contributed by atoms with Crippen molar-refractivity contribution in [2.45, 2.75) is 0 Å². The van der Waals surface area contributed by atoms with Crippen LogP contribution in [0.5, 0.6) is 28.7 Å². The molecule has 0 aliphatic carbocycles. The summed E-state index contributed by atoms with van der Waals surface area (Å²) in [5.41, 5.74) is 0.715. The van der Waals surface area contributed by atoms with Gasteiger partial charge in [-0.05, 0) is 23.8 Å². The lowest BCUT2D eigenvalue weighted by Crippen LogP contribution is -1.78. The molecule has 0 saturated carbocycles. The van der Waals surface area contributed by atoms with Crippen LogP contribution in [0.1, 0.15) is 11.1 Å². The van der Waals surface area contributed by atoms with E-state index in [1.807, 2.05) is 0 Å². The Hall–Kier alpha value is -2.82. The van der Waals surface area contributed by atoms with Crippen LogP contribution >= 0.6 is 0 Å². The third-order valence-electron chi connectivity index (χ3n) is 2.56. The van der Waals surface area contributed by atoms with Crippen molar-refractivity contribution in [3.05, 3.63) is 41.5 Å². The smallest absolute Gasteiger partial charge is 0.157 e. The molecule has 5 N–H and O–H groups in total. The molecular formula is C14H12O5. The van der Waals surface area contributed by atoms with E-state index in [1.54, 1.807) is 6.07 Å². The van der Waals surface area contributed by atoms with Crippen molar-refractivity contribution in [2.24, 2.45) is 0 Å². The largest absolute Gasteiger partial charge is 0.508 e. The van der Waals surface area contributed by atoms with Crippen LogP contribution in [0.3, 0.4) is 0 Å². The molecule has 2 aromatic rings. The van der Waals surface area contributed by atoms with Crippen LogP contribution in [0.25, 0.3) is 12.2 Å². The van der Waals surface area contributed by atoms with Gasteiger partial charge in [-0.3, -0.25) is 0 Å². The molecule has 0 radical (unpaired) electrons. The average molecular weight is 260 g/mol. The first-order valence-corrected chi connectivity index (χ1v) is 5.42. The highest BCUT2D eigenvalue weighted by atomic mass is 16.3. The van der Waals surface area contributed by atoms with Crippen LogP contribution in [-0.2, 0) is 0 Å². The number of rotatable bonds is 2. The Labute approximate surface area is 108 Å². The Bertz CT molecular complexity index is 623. The monoisotopic (exact) mass is 260 g/mol. The normalized spacial score (nSPS) is 10.9. The highest BCUT2D eigenvalue weighted by Crippen LogP contribution is 2.33. The van der Waals surface area contributed by atoms with Crippen LogP contribution in [-0.4, -0.2) is 25.5 Å². The Balaban J connectivity index is 2.35. The molecule has 0 atom stereocenters. The van der Waals surface area contributed by atoms with E-state index in [0.717, 1.165) is 12.1 Å². The van der Waals surface area contributed by atoms with Crippen molar-refractivity contribution < 1.29 is 25.5 Å². The predicted molar refractivity (Wildman–Crippen MR) is 70.1 cm³/mol. The molecular weight excluding hydrogens is 248 g/mol. The molecule has 2 rings (SSSR count). The minimum atomic E-state index is -0.267. The maximum atomic E-state index is 9.59. The molecule has 2 aromatic carbocycles. The summed E-state index contributed by atoms with van der Waals surface area (Å²) in [5.74, 6) is -1.27. The quantitative estimate of drug-likeness (QED) is 0.421.